The van der Waals surface area contributed by atoms with Crippen molar-refractivity contribution in [2.24, 2.45) is 0 Å². The summed E-state index contributed by atoms with van der Waals surface area (Å²) in [5, 5.41) is 10.1. The second-order valence-corrected chi connectivity index (χ2v) is 3.96. The normalized spacial score (nSPS) is 10.6. The Hall–Kier alpha value is -1.65. The smallest absolute Gasteiger partial charge is 0.0713 e. The maximum absolute atomic E-state index is 5.11. The first-order chi connectivity index (χ1) is 8.38. The molecule has 0 atom stereocenters. The molecule has 4 heteroatoms. The molecular formula is C13H17N3O. The first-order valence-electron chi connectivity index (χ1n) is 5.63. The fourth-order valence-corrected chi connectivity index (χ4v) is 1.72. The van der Waals surface area contributed by atoms with E-state index < -0.39 is 0 Å². The van der Waals surface area contributed by atoms with Crippen LogP contribution in [0, 0.1) is 0 Å². The lowest BCUT2D eigenvalue weighted by atomic mass is 10.1. The molecule has 2 rings (SSSR count). The zero-order valence-electron chi connectivity index (χ0n) is 9.94. The highest BCUT2D eigenvalue weighted by Gasteiger charge is 1.97. The molecule has 0 fully saturated rings. The van der Waals surface area contributed by atoms with E-state index in [-0.39, 0.29) is 0 Å². The number of aromatic amines is 1. The molecule has 1 heterocycles. The van der Waals surface area contributed by atoms with Crippen LogP contribution < -0.4 is 5.32 Å². The van der Waals surface area contributed by atoms with Crippen molar-refractivity contribution in [3.63, 3.8) is 0 Å². The lowest BCUT2D eigenvalue weighted by molar-refractivity contribution is 0.185. The number of hydrogen-bond acceptors (Lipinski definition) is 3. The number of benzene rings is 1. The number of H-pyrrole nitrogens is 1. The van der Waals surface area contributed by atoms with Crippen LogP contribution in [-0.2, 0) is 24.4 Å². The van der Waals surface area contributed by atoms with Crippen LogP contribution in [0.5, 0.6) is 0 Å². The van der Waals surface area contributed by atoms with Gasteiger partial charge in [-0.25, -0.2) is 0 Å². The standard InChI is InChI=1S/C13H17N3O/c1-17-10-12-4-2-3-11(5-12)6-14-7-13-8-15-16-9-13/h2-5,8-9,14H,6-7,10H2,1H3,(H,15,16). The minimum atomic E-state index is 0.662. The molecular weight excluding hydrogens is 214 g/mol. The lowest BCUT2D eigenvalue weighted by Crippen LogP contribution is -2.12. The van der Waals surface area contributed by atoms with Crippen LogP contribution in [0.15, 0.2) is 36.7 Å². The third-order valence-corrected chi connectivity index (χ3v) is 2.52. The van der Waals surface area contributed by atoms with E-state index in [2.05, 4.69) is 39.8 Å². The molecule has 0 bridgehead atoms. The van der Waals surface area contributed by atoms with Gasteiger partial charge >= 0.3 is 0 Å². The molecule has 0 aliphatic carbocycles. The fraction of sp³-hybridized carbons (Fsp3) is 0.308. The van der Waals surface area contributed by atoms with E-state index in [1.807, 2.05) is 12.4 Å². The molecule has 0 radical (unpaired) electrons. The summed E-state index contributed by atoms with van der Waals surface area (Å²) in [7, 11) is 1.71. The molecule has 0 saturated carbocycles. The Morgan fingerprint density at radius 3 is 2.82 bits per heavy atom. The molecule has 0 saturated heterocycles. The van der Waals surface area contributed by atoms with Crippen molar-refractivity contribution in [1.29, 1.82) is 0 Å². The average Bonchev–Trinajstić information content (AvgIpc) is 2.83. The van der Waals surface area contributed by atoms with Gasteiger partial charge in [0, 0.05) is 32.0 Å². The number of hydrogen-bond donors (Lipinski definition) is 2. The van der Waals surface area contributed by atoms with Gasteiger partial charge in [-0.3, -0.25) is 5.10 Å². The number of nitrogens with one attached hydrogen (secondary N) is 2. The predicted molar refractivity (Wildman–Crippen MR) is 66.3 cm³/mol. The summed E-state index contributed by atoms with van der Waals surface area (Å²) < 4.78 is 5.11. The largest absolute Gasteiger partial charge is 0.380 e. The average molecular weight is 231 g/mol. The highest BCUT2D eigenvalue weighted by atomic mass is 16.5. The minimum absolute atomic E-state index is 0.662. The van der Waals surface area contributed by atoms with E-state index in [1.54, 1.807) is 7.11 Å². The molecule has 0 amide bonds. The van der Waals surface area contributed by atoms with Crippen molar-refractivity contribution in [3.8, 4) is 0 Å². The monoisotopic (exact) mass is 231 g/mol. The Balaban J connectivity index is 1.84. The summed E-state index contributed by atoms with van der Waals surface area (Å²) in [6.07, 6.45) is 3.72. The van der Waals surface area contributed by atoms with Gasteiger partial charge in [0.15, 0.2) is 0 Å². The molecule has 1 aromatic carbocycles. The van der Waals surface area contributed by atoms with Crippen molar-refractivity contribution in [3.05, 3.63) is 53.3 Å². The van der Waals surface area contributed by atoms with Gasteiger partial charge in [-0.05, 0) is 11.1 Å². The number of rotatable bonds is 6. The third kappa shape index (κ3) is 3.69. The van der Waals surface area contributed by atoms with Crippen LogP contribution in [0.3, 0.4) is 0 Å². The van der Waals surface area contributed by atoms with Crippen molar-refractivity contribution < 1.29 is 4.74 Å². The van der Waals surface area contributed by atoms with E-state index in [4.69, 9.17) is 4.74 Å². The van der Waals surface area contributed by atoms with E-state index in [9.17, 15) is 0 Å². The molecule has 0 spiro atoms. The maximum Gasteiger partial charge on any atom is 0.0713 e. The highest BCUT2D eigenvalue weighted by molar-refractivity contribution is 5.22. The summed E-state index contributed by atoms with van der Waals surface area (Å²) in [5.74, 6) is 0. The second kappa shape index (κ2) is 6.18. The zero-order valence-corrected chi connectivity index (χ0v) is 9.94. The van der Waals surface area contributed by atoms with Crippen molar-refractivity contribution >= 4 is 0 Å². The van der Waals surface area contributed by atoms with Crippen molar-refractivity contribution in [2.45, 2.75) is 19.7 Å². The molecule has 0 aliphatic rings. The Bertz CT molecular complexity index is 440. The number of ether oxygens (including phenoxy) is 1. The van der Waals surface area contributed by atoms with Gasteiger partial charge in [0.1, 0.15) is 0 Å². The van der Waals surface area contributed by atoms with E-state index in [0.29, 0.717) is 6.61 Å². The van der Waals surface area contributed by atoms with Gasteiger partial charge in [-0.1, -0.05) is 24.3 Å². The Kier molecular flexibility index (Phi) is 4.30. The Morgan fingerprint density at radius 1 is 1.24 bits per heavy atom. The summed E-state index contributed by atoms with van der Waals surface area (Å²) in [6, 6.07) is 8.40. The maximum atomic E-state index is 5.11. The summed E-state index contributed by atoms with van der Waals surface area (Å²) >= 11 is 0. The summed E-state index contributed by atoms with van der Waals surface area (Å²) in [6.45, 7) is 2.34. The number of aromatic nitrogens is 2. The number of methoxy groups -OCH3 is 1. The molecule has 4 nitrogen and oxygen atoms in total. The van der Waals surface area contributed by atoms with Crippen LogP contribution >= 0.6 is 0 Å². The van der Waals surface area contributed by atoms with Crippen LogP contribution in [-0.4, -0.2) is 17.3 Å². The minimum Gasteiger partial charge on any atom is -0.380 e. The van der Waals surface area contributed by atoms with Crippen molar-refractivity contribution in [1.82, 2.24) is 15.5 Å². The lowest BCUT2D eigenvalue weighted by Gasteiger charge is -2.05. The molecule has 0 unspecified atom stereocenters. The van der Waals surface area contributed by atoms with Crippen molar-refractivity contribution in [2.75, 3.05) is 7.11 Å². The third-order valence-electron chi connectivity index (χ3n) is 2.52. The van der Waals surface area contributed by atoms with E-state index in [0.717, 1.165) is 18.7 Å². The van der Waals surface area contributed by atoms with E-state index >= 15 is 0 Å². The van der Waals surface area contributed by atoms with Gasteiger partial charge in [-0.15, -0.1) is 0 Å². The molecule has 0 aliphatic heterocycles. The Morgan fingerprint density at radius 2 is 2.06 bits per heavy atom. The van der Waals surface area contributed by atoms with Crippen LogP contribution in [0.25, 0.3) is 0 Å². The van der Waals surface area contributed by atoms with Gasteiger partial charge in [0.05, 0.1) is 12.8 Å². The first kappa shape index (κ1) is 11.8. The summed E-state index contributed by atoms with van der Waals surface area (Å²) in [4.78, 5) is 0. The van der Waals surface area contributed by atoms with Crippen LogP contribution in [0.1, 0.15) is 16.7 Å². The quantitative estimate of drug-likeness (QED) is 0.797. The molecule has 2 N–H and O–H groups in total. The zero-order chi connectivity index (χ0) is 11.9. The first-order valence-corrected chi connectivity index (χ1v) is 5.63. The molecule has 17 heavy (non-hydrogen) atoms. The van der Waals surface area contributed by atoms with Crippen LogP contribution in [0.4, 0.5) is 0 Å². The van der Waals surface area contributed by atoms with Gasteiger partial charge in [0.2, 0.25) is 0 Å². The van der Waals surface area contributed by atoms with E-state index in [1.165, 1.54) is 11.1 Å². The highest BCUT2D eigenvalue weighted by Crippen LogP contribution is 2.06. The SMILES string of the molecule is COCc1cccc(CNCc2cn[nH]c2)c1. The molecule has 90 valence electrons. The number of nitrogens with zero attached hydrogens (tertiary/aromatic N) is 1. The van der Waals surface area contributed by atoms with Gasteiger partial charge < -0.3 is 10.1 Å². The topological polar surface area (TPSA) is 49.9 Å². The second-order valence-electron chi connectivity index (χ2n) is 3.96. The van der Waals surface area contributed by atoms with Gasteiger partial charge in [0.25, 0.3) is 0 Å². The fourth-order valence-electron chi connectivity index (χ4n) is 1.72. The molecule has 1 aromatic heterocycles. The van der Waals surface area contributed by atoms with Gasteiger partial charge in [-0.2, -0.15) is 5.10 Å². The summed E-state index contributed by atoms with van der Waals surface area (Å²) in [5.41, 5.74) is 3.64. The van der Waals surface area contributed by atoms with Crippen LogP contribution in [0.2, 0.25) is 0 Å². The predicted octanol–water partition coefficient (Wildman–Crippen LogP) is 1.85. The molecule has 2 aromatic rings. The Labute approximate surface area is 101 Å².